The first-order chi connectivity index (χ1) is 21.8. The normalized spacial score (nSPS) is 12.1. The second-order valence-electron chi connectivity index (χ2n) is 11.4. The Hall–Kier alpha value is -5.58. The summed E-state index contributed by atoms with van der Waals surface area (Å²) in [6, 6.07) is 47.0. The molecule has 0 fully saturated rings. The van der Waals surface area contributed by atoms with Crippen molar-refractivity contribution in [1.82, 2.24) is 9.97 Å². The summed E-state index contributed by atoms with van der Waals surface area (Å²) in [5.41, 5.74) is 6.57. The molecule has 0 N–H and O–H groups in total. The van der Waals surface area contributed by atoms with Gasteiger partial charge in [0.2, 0.25) is 0 Å². The van der Waals surface area contributed by atoms with Gasteiger partial charge in [0.1, 0.15) is 11.2 Å². The van der Waals surface area contributed by atoms with Gasteiger partial charge in [0.15, 0.2) is 5.82 Å². The molecule has 0 saturated heterocycles. The molecule has 3 nitrogen and oxygen atoms in total. The van der Waals surface area contributed by atoms with Crippen LogP contribution in [-0.4, -0.2) is 9.97 Å². The average Bonchev–Trinajstić information content (AvgIpc) is 3.66. The van der Waals surface area contributed by atoms with E-state index >= 15 is 0 Å². The first kappa shape index (κ1) is 23.9. The van der Waals surface area contributed by atoms with Gasteiger partial charge in [0, 0.05) is 47.6 Å². The van der Waals surface area contributed by atoms with E-state index < -0.39 is 0 Å². The van der Waals surface area contributed by atoms with Crippen molar-refractivity contribution >= 4 is 75.0 Å². The molecule has 0 saturated carbocycles. The predicted molar refractivity (Wildman–Crippen MR) is 185 cm³/mol. The van der Waals surface area contributed by atoms with E-state index in [1.54, 1.807) is 0 Å². The van der Waals surface area contributed by atoms with Crippen LogP contribution in [0.3, 0.4) is 0 Å². The van der Waals surface area contributed by atoms with Gasteiger partial charge in [0.25, 0.3) is 0 Å². The zero-order chi connectivity index (χ0) is 28.8. The second kappa shape index (κ2) is 8.96. The van der Waals surface area contributed by atoms with Crippen LogP contribution in [0.25, 0.3) is 97.6 Å². The van der Waals surface area contributed by atoms with Crippen LogP contribution in [0.2, 0.25) is 0 Å². The lowest BCUT2D eigenvalue weighted by Gasteiger charge is -2.12. The van der Waals surface area contributed by atoms with Crippen molar-refractivity contribution in [3.8, 4) is 33.9 Å². The largest absolute Gasteiger partial charge is 0.456 e. The highest BCUT2D eigenvalue weighted by atomic mass is 32.1. The zero-order valence-electron chi connectivity index (χ0n) is 23.4. The maximum Gasteiger partial charge on any atom is 0.160 e. The van der Waals surface area contributed by atoms with Crippen LogP contribution >= 0.6 is 11.3 Å². The Balaban J connectivity index is 1.25. The topological polar surface area (TPSA) is 38.9 Å². The van der Waals surface area contributed by atoms with Crippen LogP contribution in [0.4, 0.5) is 0 Å². The fraction of sp³-hybridized carbons (Fsp3) is 0. The van der Waals surface area contributed by atoms with Crippen LogP contribution in [0.1, 0.15) is 0 Å². The zero-order valence-corrected chi connectivity index (χ0v) is 24.2. The van der Waals surface area contributed by atoms with Gasteiger partial charge in [-0.2, -0.15) is 0 Å². The van der Waals surface area contributed by atoms with Crippen LogP contribution < -0.4 is 0 Å². The van der Waals surface area contributed by atoms with Crippen LogP contribution in [0.15, 0.2) is 138 Å². The lowest BCUT2D eigenvalue weighted by Crippen LogP contribution is -1.96. The summed E-state index contributed by atoms with van der Waals surface area (Å²) in [7, 11) is 0. The van der Waals surface area contributed by atoms with Gasteiger partial charge in [-0.15, -0.1) is 11.3 Å². The fourth-order valence-electron chi connectivity index (χ4n) is 6.83. The second-order valence-corrected chi connectivity index (χ2v) is 12.4. The molecule has 3 heterocycles. The Morgan fingerprint density at radius 3 is 1.95 bits per heavy atom. The van der Waals surface area contributed by atoms with Crippen molar-refractivity contribution < 1.29 is 4.42 Å². The third kappa shape index (κ3) is 3.43. The number of nitrogens with zero attached hydrogens (tertiary/aromatic N) is 2. The van der Waals surface area contributed by atoms with Gasteiger partial charge in [0.05, 0.1) is 11.4 Å². The average molecular weight is 579 g/mol. The minimum absolute atomic E-state index is 0.713. The van der Waals surface area contributed by atoms with Crippen molar-refractivity contribution in [1.29, 1.82) is 0 Å². The molecule has 0 bridgehead atoms. The Morgan fingerprint density at radius 2 is 1.09 bits per heavy atom. The van der Waals surface area contributed by atoms with Crippen molar-refractivity contribution in [2.24, 2.45) is 0 Å². The van der Waals surface area contributed by atoms with Crippen LogP contribution in [0, 0.1) is 0 Å². The highest BCUT2D eigenvalue weighted by molar-refractivity contribution is 7.26. The molecule has 0 amide bonds. The number of furan rings is 1. The molecule has 3 aromatic heterocycles. The van der Waals surface area contributed by atoms with Gasteiger partial charge in [-0.25, -0.2) is 9.97 Å². The molecule has 4 heteroatoms. The van der Waals surface area contributed by atoms with Crippen LogP contribution in [-0.2, 0) is 0 Å². The van der Waals surface area contributed by atoms with E-state index in [-0.39, 0.29) is 0 Å². The molecule has 0 unspecified atom stereocenters. The van der Waals surface area contributed by atoms with E-state index in [1.807, 2.05) is 35.6 Å². The van der Waals surface area contributed by atoms with Crippen molar-refractivity contribution in [3.63, 3.8) is 0 Å². The number of fused-ring (bicyclic) bond motifs is 6. The Bertz CT molecular complexity index is 2720. The molecule has 0 spiro atoms. The van der Waals surface area contributed by atoms with Gasteiger partial charge < -0.3 is 4.42 Å². The third-order valence-electron chi connectivity index (χ3n) is 8.83. The van der Waals surface area contributed by atoms with Crippen LogP contribution in [0.5, 0.6) is 0 Å². The maximum absolute atomic E-state index is 6.25. The summed E-state index contributed by atoms with van der Waals surface area (Å²) < 4.78 is 8.82. The van der Waals surface area contributed by atoms with E-state index in [2.05, 4.69) is 109 Å². The molecule has 44 heavy (non-hydrogen) atoms. The number of aromatic nitrogens is 2. The van der Waals surface area contributed by atoms with E-state index in [0.29, 0.717) is 5.82 Å². The monoisotopic (exact) mass is 578 g/mol. The summed E-state index contributed by atoms with van der Waals surface area (Å²) in [5.74, 6) is 0.713. The van der Waals surface area contributed by atoms with Gasteiger partial charge in [-0.1, -0.05) is 91.0 Å². The molecule has 10 rings (SSSR count). The predicted octanol–water partition coefficient (Wildman–Crippen LogP) is 11.5. The third-order valence-corrected chi connectivity index (χ3v) is 9.94. The van der Waals surface area contributed by atoms with Crippen molar-refractivity contribution in [2.75, 3.05) is 0 Å². The molecular weight excluding hydrogens is 557 g/mol. The van der Waals surface area contributed by atoms with Crippen molar-refractivity contribution in [3.05, 3.63) is 133 Å². The summed E-state index contributed by atoms with van der Waals surface area (Å²) in [6.45, 7) is 0. The molecule has 204 valence electrons. The molecule has 0 aliphatic rings. The molecule has 0 atom stereocenters. The highest BCUT2D eigenvalue weighted by Crippen LogP contribution is 2.46. The number of para-hydroxylation sites is 1. The minimum Gasteiger partial charge on any atom is -0.456 e. The Morgan fingerprint density at radius 1 is 0.409 bits per heavy atom. The fourth-order valence-corrected chi connectivity index (χ4v) is 8.03. The van der Waals surface area contributed by atoms with Crippen molar-refractivity contribution in [2.45, 2.75) is 0 Å². The Kier molecular flexibility index (Phi) is 4.87. The number of thiophene rings is 1. The lowest BCUT2D eigenvalue weighted by atomic mass is 9.93. The molecule has 0 aliphatic heterocycles. The first-order valence-corrected chi connectivity index (χ1v) is 15.6. The summed E-state index contributed by atoms with van der Waals surface area (Å²) in [6.07, 6.45) is 0. The SMILES string of the molecule is c1ccc(-c2cc(-c3ccc4c(c3)oc3ccccc34)nc(-c3cc4sc5cccc6c7ccccc7c(c3)c4c56)n2)cc1. The molecule has 0 radical (unpaired) electrons. The van der Waals surface area contributed by atoms with E-state index in [1.165, 1.54) is 41.7 Å². The maximum atomic E-state index is 6.25. The molecule has 0 aliphatic carbocycles. The smallest absolute Gasteiger partial charge is 0.160 e. The van der Waals surface area contributed by atoms with E-state index in [0.717, 1.165) is 50.0 Å². The van der Waals surface area contributed by atoms with Gasteiger partial charge >= 0.3 is 0 Å². The number of hydrogen-bond acceptors (Lipinski definition) is 4. The lowest BCUT2D eigenvalue weighted by molar-refractivity contribution is 0.669. The standard InChI is InChI=1S/C40H22N2OS/c1-2-9-23(10-3-1)32-22-33(24-17-18-29-28-13-6-7-15-34(28)43-35(29)20-24)42-40(41-32)25-19-31-27-12-5-4-11-26(27)30-14-8-16-36-38(30)39(31)37(21-25)44-36/h1-22H. The number of benzene rings is 7. The molecular formula is C40H22N2OS. The minimum atomic E-state index is 0.713. The molecule has 7 aromatic carbocycles. The highest BCUT2D eigenvalue weighted by Gasteiger charge is 2.19. The van der Waals surface area contributed by atoms with E-state index in [9.17, 15) is 0 Å². The quantitative estimate of drug-likeness (QED) is 0.196. The summed E-state index contributed by atoms with van der Waals surface area (Å²) in [4.78, 5) is 10.4. The summed E-state index contributed by atoms with van der Waals surface area (Å²) >= 11 is 1.85. The Labute approximate surface area is 256 Å². The number of rotatable bonds is 3. The summed E-state index contributed by atoms with van der Waals surface area (Å²) in [5, 5.41) is 10.0. The first-order valence-electron chi connectivity index (χ1n) is 14.7. The van der Waals surface area contributed by atoms with Gasteiger partial charge in [-0.3, -0.25) is 0 Å². The van der Waals surface area contributed by atoms with Gasteiger partial charge in [-0.05, 0) is 64.0 Å². The number of hydrogen-bond donors (Lipinski definition) is 0. The molecule has 10 aromatic rings. The van der Waals surface area contributed by atoms with E-state index in [4.69, 9.17) is 14.4 Å².